The highest BCUT2D eigenvalue weighted by Gasteiger charge is 2.24. The second-order valence-electron chi connectivity index (χ2n) is 5.45. The van der Waals surface area contributed by atoms with Crippen LogP contribution in [0.4, 0.5) is 0 Å². The third-order valence-electron chi connectivity index (χ3n) is 3.53. The summed E-state index contributed by atoms with van der Waals surface area (Å²) in [7, 11) is 1.94. The van der Waals surface area contributed by atoms with Gasteiger partial charge >= 0.3 is 0 Å². The molecule has 1 heterocycles. The number of nitrogens with zero attached hydrogens (tertiary/aromatic N) is 1. The lowest BCUT2D eigenvalue weighted by atomic mass is 10.2. The Morgan fingerprint density at radius 3 is 2.74 bits per heavy atom. The van der Waals surface area contributed by atoms with E-state index in [0.717, 1.165) is 39.0 Å². The topological polar surface area (TPSA) is 69.3 Å². The fourth-order valence-electron chi connectivity index (χ4n) is 2.46. The Balaban J connectivity index is 2.06. The molecule has 5 nitrogen and oxygen atoms in total. The zero-order chi connectivity index (χ0) is 14.1. The fourth-order valence-corrected chi connectivity index (χ4v) is 2.46. The molecule has 0 aromatic carbocycles. The minimum Gasteiger partial charge on any atom is -0.422 e. The Bertz CT molecular complexity index is 261. The first-order valence-electron chi connectivity index (χ1n) is 7.38. The van der Waals surface area contributed by atoms with Crippen molar-refractivity contribution in [2.75, 3.05) is 40.0 Å². The van der Waals surface area contributed by atoms with E-state index in [0.29, 0.717) is 19.6 Å². The summed E-state index contributed by atoms with van der Waals surface area (Å²) in [5.41, 5.74) is 5.44. The number of rotatable bonds is 10. The molecule has 0 bridgehead atoms. The zero-order valence-electron chi connectivity index (χ0n) is 12.1. The second-order valence-corrected chi connectivity index (χ2v) is 5.45. The minimum atomic E-state index is -0.471. The van der Waals surface area contributed by atoms with Crippen LogP contribution >= 0.6 is 0 Å². The van der Waals surface area contributed by atoms with Crippen LogP contribution in [0.15, 0.2) is 0 Å². The molecule has 3 N–H and O–H groups in total. The molecule has 0 aliphatic carbocycles. The monoisotopic (exact) mass is 273 g/mol. The number of likely N-dealkylation sites (tertiary alicyclic amines) is 1. The van der Waals surface area contributed by atoms with Crippen molar-refractivity contribution in [3.63, 3.8) is 0 Å². The Labute approximate surface area is 116 Å². The van der Waals surface area contributed by atoms with Crippen LogP contribution in [-0.2, 0) is 9.16 Å². The van der Waals surface area contributed by atoms with Crippen LogP contribution in [0.3, 0.4) is 0 Å². The number of aliphatic hydroxyl groups excluding tert-OH is 1. The number of aliphatic hydroxyl groups is 1. The Morgan fingerprint density at radius 2 is 2.11 bits per heavy atom. The maximum Gasteiger partial charge on any atom is 0.222 e. The van der Waals surface area contributed by atoms with Crippen molar-refractivity contribution >= 4 is 5.91 Å². The van der Waals surface area contributed by atoms with Crippen LogP contribution < -0.4 is 5.73 Å². The van der Waals surface area contributed by atoms with Crippen LogP contribution in [0.1, 0.15) is 38.5 Å². The molecule has 19 heavy (non-hydrogen) atoms. The maximum absolute atomic E-state index is 11.5. The summed E-state index contributed by atoms with van der Waals surface area (Å²) in [5.74, 6) is 0.175. The van der Waals surface area contributed by atoms with Gasteiger partial charge in [-0.25, -0.2) is 0 Å². The molecule has 0 aromatic heterocycles. The summed E-state index contributed by atoms with van der Waals surface area (Å²) in [6.45, 7) is 3.49. The van der Waals surface area contributed by atoms with Crippen molar-refractivity contribution in [3.8, 4) is 0 Å². The molecule has 0 radical (unpaired) electrons. The van der Waals surface area contributed by atoms with Gasteiger partial charge in [-0.1, -0.05) is 6.42 Å². The average molecular weight is 273 g/mol. The number of β-amino-alcohol motifs (C(OH)–C–C–N with tert-alkyl or cyclic N) is 1. The van der Waals surface area contributed by atoms with E-state index in [-0.39, 0.29) is 5.91 Å². The van der Waals surface area contributed by atoms with Gasteiger partial charge in [-0.2, -0.15) is 0 Å². The van der Waals surface area contributed by atoms with E-state index in [2.05, 4.69) is 4.37 Å². The Morgan fingerprint density at radius 1 is 1.37 bits per heavy atom. The molecule has 0 aromatic rings. The van der Waals surface area contributed by atoms with E-state index in [1.165, 1.54) is 12.8 Å². The third kappa shape index (κ3) is 6.89. The Kier molecular flexibility index (Phi) is 8.02. The number of amides is 1. The van der Waals surface area contributed by atoms with Crippen molar-refractivity contribution in [2.45, 2.75) is 44.6 Å². The summed E-state index contributed by atoms with van der Waals surface area (Å²) in [4.78, 5) is 13.2. The molecule has 1 rings (SSSR count). The lowest BCUT2D eigenvalue weighted by molar-refractivity contribution is -0.143. The van der Waals surface area contributed by atoms with E-state index in [1.807, 2.05) is 7.11 Å². The van der Waals surface area contributed by atoms with Gasteiger partial charge in [0.05, 0.1) is 6.54 Å². The summed E-state index contributed by atoms with van der Waals surface area (Å²) in [5, 5.41) is 9.97. The van der Waals surface area contributed by atoms with Gasteiger partial charge in [0.2, 0.25) is 5.91 Å². The van der Waals surface area contributed by atoms with Gasteiger partial charge in [-0.05, 0) is 25.8 Å². The predicted molar refractivity (Wildman–Crippen MR) is 76.1 cm³/mol. The van der Waals surface area contributed by atoms with Crippen LogP contribution in [-0.4, -0.2) is 62.0 Å². The minimum absolute atomic E-state index is 0.175. The standard InChI is InChI=1S/C14H29N2O3/c1-19(10-5-3-2-4-8-15)12-13(17)11-16-9-6-7-14(16)18/h13,17H,2-12,15H2,1H3/q+1. The van der Waals surface area contributed by atoms with E-state index in [9.17, 15) is 9.90 Å². The summed E-state index contributed by atoms with van der Waals surface area (Å²) >= 11 is 0. The molecule has 1 aliphatic heterocycles. The molecule has 1 amide bonds. The number of hydrogen-bond donors (Lipinski definition) is 2. The van der Waals surface area contributed by atoms with E-state index in [4.69, 9.17) is 5.73 Å². The largest absolute Gasteiger partial charge is 0.422 e. The number of carbonyl (C=O) groups excluding carboxylic acids is 1. The molecule has 5 heteroatoms. The van der Waals surface area contributed by atoms with Crippen LogP contribution in [0.5, 0.6) is 0 Å². The fraction of sp³-hybridized carbons (Fsp3) is 0.929. The lowest BCUT2D eigenvalue weighted by Gasteiger charge is -2.22. The maximum atomic E-state index is 11.5. The molecular weight excluding hydrogens is 244 g/mol. The van der Waals surface area contributed by atoms with E-state index >= 15 is 0 Å². The lowest BCUT2D eigenvalue weighted by Crippen LogP contribution is -2.37. The molecule has 1 unspecified atom stereocenters. The summed E-state index contributed by atoms with van der Waals surface area (Å²) in [6, 6.07) is 0. The first-order chi connectivity index (χ1) is 9.13. The quantitative estimate of drug-likeness (QED) is 0.454. The van der Waals surface area contributed by atoms with Gasteiger partial charge in [-0.15, -0.1) is 0 Å². The average Bonchev–Trinajstić information content (AvgIpc) is 2.74. The molecule has 0 saturated carbocycles. The molecule has 112 valence electrons. The molecule has 0 spiro atoms. The van der Waals surface area contributed by atoms with Crippen molar-refractivity contribution < 1.29 is 14.3 Å². The second kappa shape index (κ2) is 9.28. The van der Waals surface area contributed by atoms with E-state index < -0.39 is 6.10 Å². The molecule has 1 saturated heterocycles. The Hall–Kier alpha value is -0.650. The van der Waals surface area contributed by atoms with Gasteiger partial charge in [0.25, 0.3) is 0 Å². The number of unbranched alkanes of at least 4 members (excludes halogenated alkanes) is 3. The van der Waals surface area contributed by atoms with Gasteiger partial charge in [-0.3, -0.25) is 4.79 Å². The first-order valence-corrected chi connectivity index (χ1v) is 7.38. The summed E-state index contributed by atoms with van der Waals surface area (Å²) < 4.78 is 2.95. The normalized spacial score (nSPS) is 17.5. The van der Waals surface area contributed by atoms with Crippen molar-refractivity contribution in [1.82, 2.24) is 4.90 Å². The van der Waals surface area contributed by atoms with Crippen LogP contribution in [0.2, 0.25) is 0 Å². The third-order valence-corrected chi connectivity index (χ3v) is 3.53. The van der Waals surface area contributed by atoms with E-state index in [1.54, 1.807) is 4.90 Å². The van der Waals surface area contributed by atoms with Gasteiger partial charge in [0, 0.05) is 19.4 Å². The predicted octanol–water partition coefficient (Wildman–Crippen LogP) is 0.671. The van der Waals surface area contributed by atoms with Gasteiger partial charge in [0.15, 0.2) is 6.61 Å². The van der Waals surface area contributed by atoms with Gasteiger partial charge < -0.3 is 20.1 Å². The van der Waals surface area contributed by atoms with Gasteiger partial charge in [0.1, 0.15) is 19.8 Å². The van der Waals surface area contributed by atoms with Crippen LogP contribution in [0.25, 0.3) is 0 Å². The van der Waals surface area contributed by atoms with Crippen molar-refractivity contribution in [2.24, 2.45) is 5.73 Å². The smallest absolute Gasteiger partial charge is 0.222 e. The van der Waals surface area contributed by atoms with Crippen LogP contribution in [0, 0.1) is 0 Å². The molecule has 1 fully saturated rings. The molecular formula is C14H29N2O3+. The number of hydrogen-bond acceptors (Lipinski definition) is 3. The highest BCUT2D eigenvalue weighted by molar-refractivity contribution is 5.78. The van der Waals surface area contributed by atoms with Crippen molar-refractivity contribution in [3.05, 3.63) is 0 Å². The number of carbonyl (C=O) groups is 1. The highest BCUT2D eigenvalue weighted by Crippen LogP contribution is 2.11. The zero-order valence-corrected chi connectivity index (χ0v) is 12.1. The highest BCUT2D eigenvalue weighted by atomic mass is 16.7. The SMILES string of the molecule is C[O+](CCCCCCN)CC(O)CN1CCCC1=O. The molecule has 1 atom stereocenters. The number of nitrogens with two attached hydrogens (primary N) is 1. The summed E-state index contributed by atoms with van der Waals surface area (Å²) in [6.07, 6.45) is 5.64. The van der Waals surface area contributed by atoms with Crippen molar-refractivity contribution in [1.29, 1.82) is 0 Å². The molecule has 1 aliphatic rings. The first kappa shape index (κ1) is 16.4.